The zero-order valence-corrected chi connectivity index (χ0v) is 15.5. The Balaban J connectivity index is 1.75. The van der Waals surface area contributed by atoms with Crippen LogP contribution in [0.3, 0.4) is 0 Å². The highest BCUT2D eigenvalue weighted by Gasteiger charge is 2.40. The van der Waals surface area contributed by atoms with Crippen molar-refractivity contribution in [3.05, 3.63) is 82.6 Å². The fraction of sp³-hybridized carbons (Fsp3) is 0.0476. The maximum absolute atomic E-state index is 13.3. The normalized spacial score (nSPS) is 13.4. The standard InChI is InChI=1S/C21H13ClN4O2/c1-12-17-18-14(11-23-19(17)26(24-12)13-7-3-2-4-8-13)20(27)25(21(18)28)16-10-6-5-9-15(16)22/h2-11H,1H3. The van der Waals surface area contributed by atoms with Crippen molar-refractivity contribution >= 4 is 40.1 Å². The van der Waals surface area contributed by atoms with Crippen LogP contribution in [0.4, 0.5) is 5.69 Å². The van der Waals surface area contributed by atoms with Crippen molar-refractivity contribution in [1.82, 2.24) is 14.8 Å². The van der Waals surface area contributed by atoms with Gasteiger partial charge in [0.2, 0.25) is 0 Å². The summed E-state index contributed by atoms with van der Waals surface area (Å²) in [4.78, 5) is 31.8. The first-order valence-electron chi connectivity index (χ1n) is 8.65. The first-order chi connectivity index (χ1) is 13.6. The number of anilines is 1. The number of aryl methyl sites for hydroxylation is 1. The molecular weight excluding hydrogens is 376 g/mol. The average Bonchev–Trinajstić information content (AvgIpc) is 3.18. The van der Waals surface area contributed by atoms with Crippen molar-refractivity contribution in [3.63, 3.8) is 0 Å². The van der Waals surface area contributed by atoms with Gasteiger partial charge in [-0.05, 0) is 31.2 Å². The number of aromatic nitrogens is 3. The van der Waals surface area contributed by atoms with Crippen LogP contribution < -0.4 is 4.90 Å². The molecule has 3 heterocycles. The van der Waals surface area contributed by atoms with Gasteiger partial charge in [0.05, 0.1) is 38.6 Å². The minimum absolute atomic E-state index is 0.258. The zero-order chi connectivity index (χ0) is 19.4. The molecule has 0 radical (unpaired) electrons. The van der Waals surface area contributed by atoms with Crippen LogP contribution in [0.1, 0.15) is 26.4 Å². The predicted octanol–water partition coefficient (Wildman–Crippen LogP) is 4.18. The van der Waals surface area contributed by atoms with Gasteiger partial charge < -0.3 is 0 Å². The molecule has 0 atom stereocenters. The lowest BCUT2D eigenvalue weighted by Gasteiger charge is -2.15. The lowest BCUT2D eigenvalue weighted by molar-refractivity contribution is 0.0926. The maximum Gasteiger partial charge on any atom is 0.267 e. The Labute approximate surface area is 165 Å². The van der Waals surface area contributed by atoms with Crippen molar-refractivity contribution < 1.29 is 9.59 Å². The molecule has 2 aromatic heterocycles. The Morgan fingerprint density at radius 1 is 0.929 bits per heavy atom. The van der Waals surface area contributed by atoms with Gasteiger partial charge in [-0.3, -0.25) is 9.59 Å². The molecule has 4 aromatic rings. The Kier molecular flexibility index (Phi) is 3.57. The molecule has 5 rings (SSSR count). The molecular formula is C21H13ClN4O2. The third kappa shape index (κ3) is 2.21. The van der Waals surface area contributed by atoms with E-state index in [0.717, 1.165) is 10.6 Å². The van der Waals surface area contributed by atoms with Gasteiger partial charge in [-0.1, -0.05) is 41.9 Å². The highest BCUT2D eigenvalue weighted by atomic mass is 35.5. The summed E-state index contributed by atoms with van der Waals surface area (Å²) in [5.41, 5.74) is 2.92. The average molecular weight is 389 g/mol. The fourth-order valence-corrected chi connectivity index (χ4v) is 3.78. The predicted molar refractivity (Wildman–Crippen MR) is 106 cm³/mol. The third-order valence-electron chi connectivity index (χ3n) is 4.82. The monoisotopic (exact) mass is 388 g/mol. The summed E-state index contributed by atoms with van der Waals surface area (Å²) in [5, 5.41) is 5.47. The second-order valence-electron chi connectivity index (χ2n) is 6.48. The lowest BCUT2D eigenvalue weighted by Crippen LogP contribution is -2.29. The van der Waals surface area contributed by atoms with Gasteiger partial charge in [0, 0.05) is 6.20 Å². The second-order valence-corrected chi connectivity index (χ2v) is 6.88. The molecule has 0 unspecified atom stereocenters. The maximum atomic E-state index is 13.3. The van der Waals surface area contributed by atoms with E-state index in [0.29, 0.717) is 33.0 Å². The molecule has 2 amide bonds. The van der Waals surface area contributed by atoms with Crippen LogP contribution in [0.15, 0.2) is 60.8 Å². The Hall–Kier alpha value is -3.51. The summed E-state index contributed by atoms with van der Waals surface area (Å²) in [6.07, 6.45) is 1.44. The van der Waals surface area contributed by atoms with Crippen LogP contribution in [-0.4, -0.2) is 26.6 Å². The molecule has 2 aromatic carbocycles. The molecule has 0 saturated carbocycles. The number of imide groups is 1. The summed E-state index contributed by atoms with van der Waals surface area (Å²) < 4.78 is 1.68. The Morgan fingerprint density at radius 2 is 1.64 bits per heavy atom. The van der Waals surface area contributed by atoms with Crippen molar-refractivity contribution in [2.75, 3.05) is 4.90 Å². The first-order valence-corrected chi connectivity index (χ1v) is 9.03. The molecule has 28 heavy (non-hydrogen) atoms. The zero-order valence-electron chi connectivity index (χ0n) is 14.8. The molecule has 0 fully saturated rings. The van der Waals surface area contributed by atoms with Gasteiger partial charge in [-0.25, -0.2) is 14.6 Å². The lowest BCUT2D eigenvalue weighted by atomic mass is 10.1. The van der Waals surface area contributed by atoms with Gasteiger partial charge in [0.25, 0.3) is 11.8 Å². The van der Waals surface area contributed by atoms with Crippen molar-refractivity contribution in [2.24, 2.45) is 0 Å². The highest BCUT2D eigenvalue weighted by Crippen LogP contribution is 2.36. The SMILES string of the molecule is Cc1nn(-c2ccccc2)c2ncc3c(c12)C(=O)N(c1ccccc1Cl)C3=O. The fourth-order valence-electron chi connectivity index (χ4n) is 3.56. The van der Waals surface area contributed by atoms with E-state index >= 15 is 0 Å². The summed E-state index contributed by atoms with van der Waals surface area (Å²) in [6.45, 7) is 1.81. The van der Waals surface area contributed by atoms with Gasteiger partial charge in [0.1, 0.15) is 0 Å². The summed E-state index contributed by atoms with van der Waals surface area (Å²) in [7, 11) is 0. The molecule has 0 spiro atoms. The quantitative estimate of drug-likeness (QED) is 0.483. The molecule has 7 heteroatoms. The van der Waals surface area contributed by atoms with Gasteiger partial charge >= 0.3 is 0 Å². The molecule has 1 aliphatic heterocycles. The summed E-state index contributed by atoms with van der Waals surface area (Å²) in [5.74, 6) is -0.856. The van der Waals surface area contributed by atoms with E-state index in [1.807, 2.05) is 30.3 Å². The largest absolute Gasteiger partial charge is 0.268 e. The van der Waals surface area contributed by atoms with Crippen molar-refractivity contribution in [2.45, 2.75) is 6.92 Å². The number of rotatable bonds is 2. The number of hydrogen-bond acceptors (Lipinski definition) is 4. The van der Waals surface area contributed by atoms with Gasteiger partial charge in [-0.2, -0.15) is 5.10 Å². The van der Waals surface area contributed by atoms with E-state index < -0.39 is 11.8 Å². The van der Waals surface area contributed by atoms with E-state index in [9.17, 15) is 9.59 Å². The molecule has 0 aliphatic carbocycles. The number of pyridine rings is 1. The number of amides is 2. The second kappa shape index (κ2) is 6.00. The highest BCUT2D eigenvalue weighted by molar-refractivity contribution is 6.41. The number of fused-ring (bicyclic) bond motifs is 3. The van der Waals surface area contributed by atoms with Crippen LogP contribution in [0.2, 0.25) is 5.02 Å². The minimum Gasteiger partial charge on any atom is -0.268 e. The van der Waals surface area contributed by atoms with E-state index in [-0.39, 0.29) is 5.56 Å². The van der Waals surface area contributed by atoms with Crippen LogP contribution in [-0.2, 0) is 0 Å². The van der Waals surface area contributed by atoms with Crippen LogP contribution in [0.5, 0.6) is 0 Å². The molecule has 0 bridgehead atoms. The molecule has 1 aliphatic rings. The van der Waals surface area contributed by atoms with E-state index in [2.05, 4.69) is 10.1 Å². The molecule has 0 N–H and O–H groups in total. The number of benzene rings is 2. The molecule has 136 valence electrons. The number of carbonyl (C=O) groups excluding carboxylic acids is 2. The topological polar surface area (TPSA) is 68.1 Å². The molecule has 0 saturated heterocycles. The van der Waals surface area contributed by atoms with E-state index in [1.165, 1.54) is 6.20 Å². The number of carbonyl (C=O) groups is 2. The van der Waals surface area contributed by atoms with Crippen LogP contribution in [0.25, 0.3) is 16.7 Å². The number of para-hydroxylation sites is 2. The van der Waals surface area contributed by atoms with Crippen LogP contribution in [0, 0.1) is 6.92 Å². The number of nitrogens with zero attached hydrogens (tertiary/aromatic N) is 4. The summed E-state index contributed by atoms with van der Waals surface area (Å²) >= 11 is 6.23. The first kappa shape index (κ1) is 16.6. The van der Waals surface area contributed by atoms with E-state index in [4.69, 9.17) is 11.6 Å². The third-order valence-corrected chi connectivity index (χ3v) is 5.14. The Morgan fingerprint density at radius 3 is 2.39 bits per heavy atom. The minimum atomic E-state index is -0.436. The smallest absolute Gasteiger partial charge is 0.267 e. The van der Waals surface area contributed by atoms with Crippen molar-refractivity contribution in [1.29, 1.82) is 0 Å². The Bertz CT molecular complexity index is 1280. The molecule has 6 nitrogen and oxygen atoms in total. The number of hydrogen-bond donors (Lipinski definition) is 0. The summed E-state index contributed by atoms with van der Waals surface area (Å²) in [6, 6.07) is 16.3. The van der Waals surface area contributed by atoms with Gasteiger partial charge in [0.15, 0.2) is 5.65 Å². The number of halogens is 1. The van der Waals surface area contributed by atoms with Crippen molar-refractivity contribution in [3.8, 4) is 5.69 Å². The van der Waals surface area contributed by atoms with Crippen LogP contribution >= 0.6 is 11.6 Å². The van der Waals surface area contributed by atoms with Gasteiger partial charge in [-0.15, -0.1) is 0 Å². The van der Waals surface area contributed by atoms with E-state index in [1.54, 1.807) is 35.9 Å².